The van der Waals surface area contributed by atoms with E-state index in [1.54, 1.807) is 10.9 Å². The van der Waals surface area contributed by atoms with Gasteiger partial charge in [0.25, 0.3) is 0 Å². The van der Waals surface area contributed by atoms with Crippen LogP contribution in [0, 0.1) is 6.92 Å². The summed E-state index contributed by atoms with van der Waals surface area (Å²) in [6.07, 6.45) is 3.49. The number of aryl methyl sites for hydroxylation is 2. The van der Waals surface area contributed by atoms with Crippen molar-refractivity contribution in [3.63, 3.8) is 0 Å². The Morgan fingerprint density at radius 1 is 1.30 bits per heavy atom. The fourth-order valence-electron chi connectivity index (χ4n) is 1.80. The van der Waals surface area contributed by atoms with Crippen molar-refractivity contribution >= 4 is 0 Å². The molecule has 1 N–H and O–H groups in total. The molecule has 0 aliphatic heterocycles. The normalized spacial score (nSPS) is 11.7. The SMILES string of the molecule is Cc1cc(CNC(C)(C)C)cc(Oc2cnn(C)c2)n1. The summed E-state index contributed by atoms with van der Waals surface area (Å²) in [5.74, 6) is 1.30. The lowest BCUT2D eigenvalue weighted by molar-refractivity contribution is 0.421. The minimum atomic E-state index is 0.0849. The van der Waals surface area contributed by atoms with E-state index >= 15 is 0 Å². The van der Waals surface area contributed by atoms with E-state index in [-0.39, 0.29) is 5.54 Å². The zero-order valence-electron chi connectivity index (χ0n) is 12.8. The molecule has 2 heterocycles. The van der Waals surface area contributed by atoms with Gasteiger partial charge in [-0.05, 0) is 39.3 Å². The van der Waals surface area contributed by atoms with Gasteiger partial charge in [-0.1, -0.05) is 0 Å². The molecule has 0 aliphatic rings. The van der Waals surface area contributed by atoms with E-state index in [1.165, 1.54) is 0 Å². The maximum Gasteiger partial charge on any atom is 0.219 e. The number of hydrogen-bond acceptors (Lipinski definition) is 4. The summed E-state index contributed by atoms with van der Waals surface area (Å²) in [6.45, 7) is 9.20. The monoisotopic (exact) mass is 274 g/mol. The molecule has 0 spiro atoms. The van der Waals surface area contributed by atoms with Gasteiger partial charge in [-0.25, -0.2) is 4.98 Å². The van der Waals surface area contributed by atoms with E-state index in [0.29, 0.717) is 11.6 Å². The highest BCUT2D eigenvalue weighted by Crippen LogP contribution is 2.20. The van der Waals surface area contributed by atoms with Crippen LogP contribution >= 0.6 is 0 Å². The second-order valence-electron chi connectivity index (χ2n) is 6.01. The van der Waals surface area contributed by atoms with Gasteiger partial charge in [0.1, 0.15) is 0 Å². The Kier molecular flexibility index (Phi) is 4.09. The van der Waals surface area contributed by atoms with E-state index < -0.39 is 0 Å². The minimum absolute atomic E-state index is 0.0849. The second kappa shape index (κ2) is 5.63. The van der Waals surface area contributed by atoms with Crippen LogP contribution < -0.4 is 10.1 Å². The Balaban J connectivity index is 2.12. The second-order valence-corrected chi connectivity index (χ2v) is 6.01. The van der Waals surface area contributed by atoms with Gasteiger partial charge in [0, 0.05) is 30.9 Å². The molecule has 0 bridgehead atoms. The quantitative estimate of drug-likeness (QED) is 0.931. The summed E-state index contributed by atoms with van der Waals surface area (Å²) in [7, 11) is 1.86. The van der Waals surface area contributed by atoms with Gasteiger partial charge in [0.15, 0.2) is 5.75 Å². The minimum Gasteiger partial charge on any atom is -0.436 e. The van der Waals surface area contributed by atoms with Gasteiger partial charge in [0.05, 0.1) is 12.4 Å². The van der Waals surface area contributed by atoms with E-state index in [9.17, 15) is 0 Å². The predicted octanol–water partition coefficient (Wildman–Crippen LogP) is 2.80. The van der Waals surface area contributed by atoms with Crippen molar-refractivity contribution in [2.24, 2.45) is 7.05 Å². The average molecular weight is 274 g/mol. The van der Waals surface area contributed by atoms with Crippen LogP contribution in [-0.2, 0) is 13.6 Å². The van der Waals surface area contributed by atoms with Crippen molar-refractivity contribution in [2.45, 2.75) is 39.8 Å². The van der Waals surface area contributed by atoms with Crippen LogP contribution in [0.3, 0.4) is 0 Å². The van der Waals surface area contributed by atoms with Gasteiger partial charge >= 0.3 is 0 Å². The molecule has 0 saturated carbocycles. The number of rotatable bonds is 4. The third-order valence-electron chi connectivity index (χ3n) is 2.72. The van der Waals surface area contributed by atoms with Crippen molar-refractivity contribution < 1.29 is 4.74 Å². The van der Waals surface area contributed by atoms with Crippen LogP contribution in [0.2, 0.25) is 0 Å². The van der Waals surface area contributed by atoms with E-state index in [2.05, 4.69) is 42.2 Å². The highest BCUT2D eigenvalue weighted by atomic mass is 16.5. The first-order valence-electron chi connectivity index (χ1n) is 6.71. The van der Waals surface area contributed by atoms with Gasteiger partial charge in [-0.3, -0.25) is 4.68 Å². The first-order valence-corrected chi connectivity index (χ1v) is 6.71. The molecule has 108 valence electrons. The first kappa shape index (κ1) is 14.5. The smallest absolute Gasteiger partial charge is 0.219 e. The Hall–Kier alpha value is -1.88. The van der Waals surface area contributed by atoms with E-state index in [4.69, 9.17) is 4.74 Å². The molecule has 0 amide bonds. The van der Waals surface area contributed by atoms with Crippen LogP contribution in [0.15, 0.2) is 24.5 Å². The highest BCUT2D eigenvalue weighted by molar-refractivity contribution is 5.28. The first-order chi connectivity index (χ1) is 9.32. The van der Waals surface area contributed by atoms with Crippen LogP contribution in [0.1, 0.15) is 32.0 Å². The van der Waals surface area contributed by atoms with Gasteiger partial charge in [-0.2, -0.15) is 5.10 Å². The number of nitrogens with zero attached hydrogens (tertiary/aromatic N) is 3. The molecule has 0 unspecified atom stereocenters. The topological polar surface area (TPSA) is 52.0 Å². The molecule has 0 radical (unpaired) electrons. The molecule has 2 rings (SSSR count). The molecular weight excluding hydrogens is 252 g/mol. The Labute approximate surface area is 120 Å². The summed E-state index contributed by atoms with van der Waals surface area (Å²) >= 11 is 0. The fourth-order valence-corrected chi connectivity index (χ4v) is 1.80. The summed E-state index contributed by atoms with van der Waals surface area (Å²) in [4.78, 5) is 4.40. The molecule has 0 atom stereocenters. The van der Waals surface area contributed by atoms with E-state index in [1.807, 2.05) is 26.2 Å². The lowest BCUT2D eigenvalue weighted by atomic mass is 10.1. The van der Waals surface area contributed by atoms with Crippen LogP contribution in [0.4, 0.5) is 0 Å². The van der Waals surface area contributed by atoms with Crippen LogP contribution in [0.25, 0.3) is 0 Å². The number of pyridine rings is 1. The fraction of sp³-hybridized carbons (Fsp3) is 0.467. The Morgan fingerprint density at radius 2 is 2.05 bits per heavy atom. The van der Waals surface area contributed by atoms with Crippen LogP contribution in [0.5, 0.6) is 11.6 Å². The molecule has 2 aromatic rings. The van der Waals surface area contributed by atoms with Crippen molar-refractivity contribution in [3.8, 4) is 11.6 Å². The van der Waals surface area contributed by atoms with Crippen molar-refractivity contribution in [1.82, 2.24) is 20.1 Å². The summed E-state index contributed by atoms with van der Waals surface area (Å²) < 4.78 is 7.43. The molecule has 2 aromatic heterocycles. The number of nitrogens with one attached hydrogen (secondary N) is 1. The number of hydrogen-bond donors (Lipinski definition) is 1. The molecule has 0 fully saturated rings. The number of ether oxygens (including phenoxy) is 1. The maximum atomic E-state index is 5.73. The Morgan fingerprint density at radius 3 is 2.65 bits per heavy atom. The van der Waals surface area contributed by atoms with Crippen molar-refractivity contribution in [2.75, 3.05) is 0 Å². The molecule has 5 heteroatoms. The average Bonchev–Trinajstić information content (AvgIpc) is 2.70. The largest absolute Gasteiger partial charge is 0.436 e. The molecule has 20 heavy (non-hydrogen) atoms. The van der Waals surface area contributed by atoms with E-state index in [0.717, 1.165) is 17.8 Å². The zero-order chi connectivity index (χ0) is 14.8. The molecule has 0 saturated heterocycles. The van der Waals surface area contributed by atoms with Gasteiger partial charge in [0.2, 0.25) is 5.88 Å². The standard InChI is InChI=1S/C15H22N4O/c1-11-6-12(8-16-15(2,3)4)7-14(18-11)20-13-9-17-19(5)10-13/h6-7,9-10,16H,8H2,1-5H3. The Bertz CT molecular complexity index is 584. The van der Waals surface area contributed by atoms with Gasteiger partial charge in [-0.15, -0.1) is 0 Å². The molecular formula is C15H22N4O. The summed E-state index contributed by atoms with van der Waals surface area (Å²) in [6, 6.07) is 4.02. The molecule has 5 nitrogen and oxygen atoms in total. The number of aromatic nitrogens is 3. The zero-order valence-corrected chi connectivity index (χ0v) is 12.8. The molecule has 0 aromatic carbocycles. The summed E-state index contributed by atoms with van der Waals surface area (Å²) in [5.41, 5.74) is 2.19. The third-order valence-corrected chi connectivity index (χ3v) is 2.72. The van der Waals surface area contributed by atoms with Gasteiger partial charge < -0.3 is 10.1 Å². The lowest BCUT2D eigenvalue weighted by Gasteiger charge is -2.20. The van der Waals surface area contributed by atoms with Crippen LogP contribution in [-0.4, -0.2) is 20.3 Å². The lowest BCUT2D eigenvalue weighted by Crippen LogP contribution is -2.35. The van der Waals surface area contributed by atoms with Crippen molar-refractivity contribution in [3.05, 3.63) is 35.8 Å². The third kappa shape index (κ3) is 4.35. The van der Waals surface area contributed by atoms with Crippen molar-refractivity contribution in [1.29, 1.82) is 0 Å². The maximum absolute atomic E-state index is 5.73. The molecule has 0 aliphatic carbocycles. The highest BCUT2D eigenvalue weighted by Gasteiger charge is 2.10. The summed E-state index contributed by atoms with van der Waals surface area (Å²) in [5, 5.41) is 7.54. The predicted molar refractivity (Wildman–Crippen MR) is 78.8 cm³/mol.